The predicted molar refractivity (Wildman–Crippen MR) is 129 cm³/mol. The summed E-state index contributed by atoms with van der Waals surface area (Å²) in [4.78, 5) is 34.4. The fraction of sp³-hybridized carbons (Fsp3) is 0.333. The van der Waals surface area contributed by atoms with Crippen molar-refractivity contribution >= 4 is 40.0 Å². The normalized spacial score (nSPS) is 13.9. The molecular formula is C24H22F3N3O3S2. The van der Waals surface area contributed by atoms with Gasteiger partial charge in [0.1, 0.15) is 10.7 Å². The summed E-state index contributed by atoms with van der Waals surface area (Å²) in [5, 5.41) is 2.18. The summed E-state index contributed by atoms with van der Waals surface area (Å²) in [7, 11) is 0. The first-order valence-electron chi connectivity index (χ1n) is 11.0. The quantitative estimate of drug-likeness (QED) is 0.233. The maximum absolute atomic E-state index is 13.5. The Bertz CT molecular complexity index is 1250. The van der Waals surface area contributed by atoms with Crippen LogP contribution in [0.15, 0.2) is 41.6 Å². The minimum atomic E-state index is -4.67. The van der Waals surface area contributed by atoms with E-state index in [-0.39, 0.29) is 17.5 Å². The van der Waals surface area contributed by atoms with E-state index in [1.165, 1.54) is 11.3 Å². The van der Waals surface area contributed by atoms with Gasteiger partial charge in [0, 0.05) is 10.4 Å². The molecule has 35 heavy (non-hydrogen) atoms. The first kappa shape index (κ1) is 25.2. The van der Waals surface area contributed by atoms with Gasteiger partial charge in [0.25, 0.3) is 0 Å². The number of carbonyl (C=O) groups excluding carboxylic acids is 2. The lowest BCUT2D eigenvalue weighted by molar-refractivity contribution is -0.141. The highest BCUT2D eigenvalue weighted by Gasteiger charge is 2.34. The standard InChI is InChI=1S/C24H22F3N3O3S2/c1-3-33-22(32)19-15-10-7-11-17(15)35-21(19)30-20(31)13(2)34-23-28-16(14-8-5-4-6-9-14)12-18(29-23)24(25,26)27/h4-6,8-9,12-13H,3,7,10-11H2,1-2H3,(H,30,31)/t13-/m1/s1. The molecule has 1 aliphatic rings. The number of thioether (sulfide) groups is 1. The number of halogens is 3. The van der Waals surface area contributed by atoms with Gasteiger partial charge in [-0.3, -0.25) is 4.79 Å². The number of nitrogens with zero attached hydrogens (tertiary/aromatic N) is 2. The number of hydrogen-bond donors (Lipinski definition) is 1. The molecule has 0 unspecified atom stereocenters. The van der Waals surface area contributed by atoms with Gasteiger partial charge in [-0.05, 0) is 44.7 Å². The van der Waals surface area contributed by atoms with Crippen LogP contribution >= 0.6 is 23.1 Å². The van der Waals surface area contributed by atoms with Crippen LogP contribution in [0.1, 0.15) is 46.8 Å². The molecule has 6 nitrogen and oxygen atoms in total. The zero-order chi connectivity index (χ0) is 25.2. The van der Waals surface area contributed by atoms with E-state index in [0.717, 1.165) is 47.5 Å². The molecule has 0 fully saturated rings. The average molecular weight is 522 g/mol. The lowest BCUT2D eigenvalue weighted by Gasteiger charge is -2.14. The number of aryl methyl sites for hydroxylation is 1. The number of fused-ring (bicyclic) bond motifs is 1. The average Bonchev–Trinajstić information content (AvgIpc) is 3.39. The minimum Gasteiger partial charge on any atom is -0.462 e. The highest BCUT2D eigenvalue weighted by molar-refractivity contribution is 8.00. The molecule has 0 saturated heterocycles. The fourth-order valence-electron chi connectivity index (χ4n) is 3.72. The Balaban J connectivity index is 1.57. The smallest absolute Gasteiger partial charge is 0.433 e. The van der Waals surface area contributed by atoms with E-state index in [2.05, 4.69) is 15.3 Å². The van der Waals surface area contributed by atoms with Crippen LogP contribution in [0.4, 0.5) is 18.2 Å². The summed E-state index contributed by atoms with van der Waals surface area (Å²) in [6, 6.07) is 9.35. The molecule has 0 radical (unpaired) electrons. The van der Waals surface area contributed by atoms with Crippen molar-refractivity contribution in [2.75, 3.05) is 11.9 Å². The predicted octanol–water partition coefficient (Wildman–Crippen LogP) is 6.01. The summed E-state index contributed by atoms with van der Waals surface area (Å²) in [5.74, 6) is -0.959. The van der Waals surface area contributed by atoms with Gasteiger partial charge in [-0.15, -0.1) is 11.3 Å². The number of anilines is 1. The lowest BCUT2D eigenvalue weighted by atomic mass is 10.1. The summed E-state index contributed by atoms with van der Waals surface area (Å²) in [6.45, 7) is 3.47. The molecule has 0 bridgehead atoms. The Labute approximate surface area is 208 Å². The van der Waals surface area contributed by atoms with E-state index in [4.69, 9.17) is 4.74 Å². The SMILES string of the molecule is CCOC(=O)c1c(NC(=O)[C@@H](C)Sc2nc(-c3ccccc3)cc(C(F)(F)F)n2)sc2c1CCC2. The van der Waals surface area contributed by atoms with Crippen molar-refractivity contribution in [2.24, 2.45) is 0 Å². The summed E-state index contributed by atoms with van der Waals surface area (Å²) >= 11 is 2.16. The summed E-state index contributed by atoms with van der Waals surface area (Å²) in [5.41, 5.74) is 0.809. The molecule has 0 spiro atoms. The Morgan fingerprint density at radius 3 is 2.63 bits per heavy atom. The number of alkyl halides is 3. The number of ether oxygens (including phenoxy) is 1. The van der Waals surface area contributed by atoms with Crippen LogP contribution in [0.2, 0.25) is 0 Å². The molecule has 1 aliphatic carbocycles. The van der Waals surface area contributed by atoms with Crippen LogP contribution in [-0.4, -0.2) is 33.7 Å². The lowest BCUT2D eigenvalue weighted by Crippen LogP contribution is -2.24. The van der Waals surface area contributed by atoms with Crippen molar-refractivity contribution in [3.8, 4) is 11.3 Å². The van der Waals surface area contributed by atoms with Gasteiger partial charge in [-0.25, -0.2) is 14.8 Å². The van der Waals surface area contributed by atoms with Crippen molar-refractivity contribution in [3.05, 3.63) is 58.1 Å². The third-order valence-corrected chi connectivity index (χ3v) is 7.52. The molecule has 1 amide bonds. The van der Waals surface area contributed by atoms with Gasteiger partial charge in [-0.1, -0.05) is 42.1 Å². The van der Waals surface area contributed by atoms with Gasteiger partial charge < -0.3 is 10.1 Å². The highest BCUT2D eigenvalue weighted by Crippen LogP contribution is 2.40. The Kier molecular flexibility index (Phi) is 7.46. The molecule has 2 aromatic heterocycles. The van der Waals surface area contributed by atoms with E-state index >= 15 is 0 Å². The number of thiophene rings is 1. The van der Waals surface area contributed by atoms with E-state index in [1.807, 2.05) is 0 Å². The zero-order valence-electron chi connectivity index (χ0n) is 18.9. The Morgan fingerprint density at radius 2 is 1.94 bits per heavy atom. The third-order valence-electron chi connectivity index (χ3n) is 5.35. The molecule has 3 aromatic rings. The minimum absolute atomic E-state index is 0.113. The van der Waals surface area contributed by atoms with Crippen molar-refractivity contribution in [1.82, 2.24) is 9.97 Å². The monoisotopic (exact) mass is 521 g/mol. The number of hydrogen-bond acceptors (Lipinski definition) is 7. The molecule has 1 aromatic carbocycles. The van der Waals surface area contributed by atoms with E-state index < -0.39 is 29.0 Å². The number of aromatic nitrogens is 2. The van der Waals surface area contributed by atoms with Crippen LogP contribution in [-0.2, 0) is 28.5 Å². The number of esters is 1. The Hall–Kier alpha value is -2.92. The van der Waals surface area contributed by atoms with Crippen LogP contribution in [0, 0.1) is 0 Å². The number of carbonyl (C=O) groups is 2. The second kappa shape index (κ2) is 10.4. The number of rotatable bonds is 7. The first-order valence-corrected chi connectivity index (χ1v) is 12.7. The molecule has 11 heteroatoms. The van der Waals surface area contributed by atoms with Gasteiger partial charge in [-0.2, -0.15) is 13.2 Å². The fourth-order valence-corrected chi connectivity index (χ4v) is 5.78. The van der Waals surface area contributed by atoms with Crippen LogP contribution in [0.3, 0.4) is 0 Å². The molecular weight excluding hydrogens is 499 g/mol. The van der Waals surface area contributed by atoms with Crippen molar-refractivity contribution in [3.63, 3.8) is 0 Å². The van der Waals surface area contributed by atoms with Crippen molar-refractivity contribution < 1.29 is 27.5 Å². The first-order chi connectivity index (χ1) is 16.7. The summed E-state index contributed by atoms with van der Waals surface area (Å²) < 4.78 is 45.6. The van der Waals surface area contributed by atoms with E-state index in [1.54, 1.807) is 44.2 Å². The Morgan fingerprint density at radius 1 is 1.20 bits per heavy atom. The van der Waals surface area contributed by atoms with Crippen LogP contribution in [0.5, 0.6) is 0 Å². The molecule has 184 valence electrons. The molecule has 2 heterocycles. The van der Waals surface area contributed by atoms with Crippen molar-refractivity contribution in [2.45, 2.75) is 49.7 Å². The van der Waals surface area contributed by atoms with Crippen LogP contribution in [0.25, 0.3) is 11.3 Å². The van der Waals surface area contributed by atoms with E-state index in [9.17, 15) is 22.8 Å². The second-order valence-corrected chi connectivity index (χ2v) is 10.2. The number of benzene rings is 1. The largest absolute Gasteiger partial charge is 0.462 e. The van der Waals surface area contributed by atoms with Crippen LogP contribution < -0.4 is 5.32 Å². The number of nitrogens with one attached hydrogen (secondary N) is 1. The van der Waals surface area contributed by atoms with Gasteiger partial charge >= 0.3 is 12.1 Å². The topological polar surface area (TPSA) is 81.2 Å². The maximum atomic E-state index is 13.5. The molecule has 0 saturated carbocycles. The highest BCUT2D eigenvalue weighted by atomic mass is 32.2. The van der Waals surface area contributed by atoms with Crippen molar-refractivity contribution in [1.29, 1.82) is 0 Å². The van der Waals surface area contributed by atoms with E-state index in [0.29, 0.717) is 16.1 Å². The number of amides is 1. The molecule has 1 atom stereocenters. The molecule has 4 rings (SSSR count). The zero-order valence-corrected chi connectivity index (χ0v) is 20.6. The van der Waals surface area contributed by atoms with Gasteiger partial charge in [0.2, 0.25) is 5.91 Å². The molecule has 1 N–H and O–H groups in total. The second-order valence-electron chi connectivity index (χ2n) is 7.82. The third kappa shape index (κ3) is 5.67. The molecule has 0 aliphatic heterocycles. The van der Waals surface area contributed by atoms with Gasteiger partial charge in [0.15, 0.2) is 5.16 Å². The summed E-state index contributed by atoms with van der Waals surface area (Å²) in [6.07, 6.45) is -2.17. The maximum Gasteiger partial charge on any atom is 0.433 e. The van der Waals surface area contributed by atoms with Gasteiger partial charge in [0.05, 0.1) is 23.1 Å².